The van der Waals surface area contributed by atoms with Crippen LogP contribution in [0.4, 0.5) is 24.5 Å². The molecule has 1 unspecified atom stereocenters. The number of anilines is 2. The van der Waals surface area contributed by atoms with Crippen LogP contribution in [0.1, 0.15) is 31.9 Å². The third kappa shape index (κ3) is 6.58. The zero-order valence-electron chi connectivity index (χ0n) is 22.5. The summed E-state index contributed by atoms with van der Waals surface area (Å²) in [5, 5.41) is 14.1. The first-order valence-electron chi connectivity index (χ1n) is 12.4. The van der Waals surface area contributed by atoms with Crippen molar-refractivity contribution >= 4 is 22.4 Å². The molecule has 0 bridgehead atoms. The largest absolute Gasteiger partial charge is 0.496 e. The van der Waals surface area contributed by atoms with E-state index in [1.807, 2.05) is 50.2 Å². The molecule has 39 heavy (non-hydrogen) atoms. The normalized spacial score (nSPS) is 12.1. The van der Waals surface area contributed by atoms with Gasteiger partial charge in [0.05, 0.1) is 48.9 Å². The quantitative estimate of drug-likeness (QED) is 0.296. The van der Waals surface area contributed by atoms with Crippen molar-refractivity contribution in [2.75, 3.05) is 32.2 Å². The topological polar surface area (TPSA) is 112 Å². The number of aryl methyl sites for hydroxylation is 1. The Kier molecular flexibility index (Phi) is 9.71. The molecule has 3 N–H and O–H groups in total. The van der Waals surface area contributed by atoms with Crippen molar-refractivity contribution < 1.29 is 27.8 Å². The zero-order chi connectivity index (χ0) is 28.7. The number of aromatic nitrogens is 4. The molecule has 2 aromatic heterocycles. The van der Waals surface area contributed by atoms with E-state index < -0.39 is 17.8 Å². The van der Waals surface area contributed by atoms with Gasteiger partial charge in [0.25, 0.3) is 0 Å². The summed E-state index contributed by atoms with van der Waals surface area (Å²) < 4.78 is 52.3. The van der Waals surface area contributed by atoms with Crippen LogP contribution < -0.4 is 20.1 Å². The molecule has 0 aliphatic carbocycles. The lowest BCUT2D eigenvalue weighted by atomic mass is 10.0. The summed E-state index contributed by atoms with van der Waals surface area (Å²) in [5.41, 5.74) is 9.25. The summed E-state index contributed by atoms with van der Waals surface area (Å²) in [6.07, 6.45) is -1.87. The highest BCUT2D eigenvalue weighted by atomic mass is 19.4. The van der Waals surface area contributed by atoms with Crippen LogP contribution in [0.25, 0.3) is 22.3 Å². The van der Waals surface area contributed by atoms with Gasteiger partial charge in [-0.25, -0.2) is 4.98 Å². The number of alkyl halides is 3. The van der Waals surface area contributed by atoms with Crippen molar-refractivity contribution in [1.82, 2.24) is 19.7 Å². The molecule has 0 saturated carbocycles. The Morgan fingerprint density at radius 2 is 1.69 bits per heavy atom. The van der Waals surface area contributed by atoms with Crippen molar-refractivity contribution in [1.29, 1.82) is 0 Å². The molecular weight excluding hydrogens is 513 g/mol. The van der Waals surface area contributed by atoms with E-state index in [9.17, 15) is 18.3 Å². The van der Waals surface area contributed by atoms with Gasteiger partial charge in [0.15, 0.2) is 6.10 Å². The fourth-order valence-electron chi connectivity index (χ4n) is 4.03. The second kappa shape index (κ2) is 12.8. The monoisotopic (exact) mass is 546 g/mol. The SMILES string of the molecule is CC.COc1cc(N(CCCN)c2ccc3ncc(-c4cnn(C)c4)nc3c2)cc(OC)c1C(O)C(F)(F)F. The Morgan fingerprint density at radius 1 is 1.03 bits per heavy atom. The highest BCUT2D eigenvalue weighted by Gasteiger charge is 2.43. The Bertz CT molecular complexity index is 1370. The number of rotatable bonds is 9. The Balaban J connectivity index is 0.00000205. The van der Waals surface area contributed by atoms with E-state index in [1.54, 1.807) is 17.1 Å². The van der Waals surface area contributed by atoms with Crippen LogP contribution in [0.15, 0.2) is 48.9 Å². The van der Waals surface area contributed by atoms with Crippen molar-refractivity contribution in [2.45, 2.75) is 32.5 Å². The molecule has 4 rings (SSSR count). The van der Waals surface area contributed by atoms with Crippen LogP contribution in [-0.2, 0) is 7.05 Å². The fourth-order valence-corrected chi connectivity index (χ4v) is 4.03. The molecule has 210 valence electrons. The van der Waals surface area contributed by atoms with Crippen LogP contribution in [-0.4, -0.2) is 58.3 Å². The minimum absolute atomic E-state index is 0.156. The number of fused-ring (bicyclic) bond motifs is 1. The maximum atomic E-state index is 13.4. The van der Waals surface area contributed by atoms with Gasteiger partial charge in [-0.3, -0.25) is 9.67 Å². The first-order chi connectivity index (χ1) is 18.7. The minimum Gasteiger partial charge on any atom is -0.496 e. The molecule has 9 nitrogen and oxygen atoms in total. The van der Waals surface area contributed by atoms with E-state index in [0.29, 0.717) is 47.6 Å². The Labute approximate surface area is 225 Å². The van der Waals surface area contributed by atoms with Gasteiger partial charge in [0, 0.05) is 48.9 Å². The average Bonchev–Trinajstić information content (AvgIpc) is 3.38. The van der Waals surface area contributed by atoms with E-state index in [-0.39, 0.29) is 11.5 Å². The second-order valence-corrected chi connectivity index (χ2v) is 8.33. The molecule has 4 aromatic rings. The Morgan fingerprint density at radius 3 is 2.23 bits per heavy atom. The van der Waals surface area contributed by atoms with E-state index >= 15 is 0 Å². The molecule has 0 amide bonds. The van der Waals surface area contributed by atoms with Gasteiger partial charge in [-0.05, 0) is 31.2 Å². The molecule has 2 heterocycles. The predicted octanol–water partition coefficient (Wildman–Crippen LogP) is 5.16. The highest BCUT2D eigenvalue weighted by molar-refractivity contribution is 5.83. The van der Waals surface area contributed by atoms with Crippen molar-refractivity contribution in [3.63, 3.8) is 0 Å². The number of hydrogen-bond donors (Lipinski definition) is 2. The lowest BCUT2D eigenvalue weighted by molar-refractivity contribution is -0.207. The number of halogens is 3. The van der Waals surface area contributed by atoms with Gasteiger partial charge in [0.2, 0.25) is 0 Å². The van der Waals surface area contributed by atoms with Crippen LogP contribution in [0.2, 0.25) is 0 Å². The van der Waals surface area contributed by atoms with Gasteiger partial charge in [0.1, 0.15) is 11.5 Å². The fraction of sp³-hybridized carbons (Fsp3) is 0.370. The van der Waals surface area contributed by atoms with Crippen molar-refractivity contribution in [3.8, 4) is 22.8 Å². The lowest BCUT2D eigenvalue weighted by Crippen LogP contribution is -2.23. The third-order valence-corrected chi connectivity index (χ3v) is 5.85. The van der Waals surface area contributed by atoms with E-state index in [1.165, 1.54) is 26.4 Å². The van der Waals surface area contributed by atoms with Gasteiger partial charge in [-0.2, -0.15) is 18.3 Å². The molecule has 1 atom stereocenters. The van der Waals surface area contributed by atoms with Crippen molar-refractivity contribution in [3.05, 3.63) is 54.5 Å². The maximum Gasteiger partial charge on any atom is 0.418 e. The van der Waals surface area contributed by atoms with Crippen molar-refractivity contribution in [2.24, 2.45) is 12.8 Å². The maximum absolute atomic E-state index is 13.4. The number of hydrogen-bond acceptors (Lipinski definition) is 8. The number of aliphatic hydroxyl groups excluding tert-OH is 1. The molecule has 12 heteroatoms. The number of benzene rings is 2. The summed E-state index contributed by atoms with van der Waals surface area (Å²) in [6, 6.07) is 8.37. The van der Waals surface area contributed by atoms with Gasteiger partial charge in [-0.15, -0.1) is 0 Å². The number of methoxy groups -OCH3 is 2. The highest BCUT2D eigenvalue weighted by Crippen LogP contribution is 2.45. The zero-order valence-corrected chi connectivity index (χ0v) is 22.5. The van der Waals surface area contributed by atoms with E-state index in [2.05, 4.69) is 10.1 Å². The van der Waals surface area contributed by atoms with Crippen LogP contribution in [0.5, 0.6) is 11.5 Å². The molecule has 0 fully saturated rings. The summed E-state index contributed by atoms with van der Waals surface area (Å²) in [6.45, 7) is 4.85. The molecular formula is C27H33F3N6O3. The predicted molar refractivity (Wildman–Crippen MR) is 144 cm³/mol. The molecule has 2 aromatic carbocycles. The van der Waals surface area contributed by atoms with Gasteiger partial charge >= 0.3 is 6.18 Å². The van der Waals surface area contributed by atoms with Gasteiger partial charge < -0.3 is 25.2 Å². The third-order valence-electron chi connectivity index (χ3n) is 5.85. The smallest absolute Gasteiger partial charge is 0.418 e. The van der Waals surface area contributed by atoms with E-state index in [0.717, 1.165) is 5.56 Å². The Hall–Kier alpha value is -3.90. The molecule has 0 radical (unpaired) electrons. The van der Waals surface area contributed by atoms with E-state index in [4.69, 9.17) is 20.2 Å². The standard InChI is InChI=1S/C25H27F3N6O3.C2H6/c1-33-14-15(12-31-33)20-13-30-18-6-5-16(9-19(18)32-20)34(8-4-7-29)17-10-21(36-2)23(22(11-17)37-3)24(35)25(26,27)28;1-2/h5-6,9-14,24,35H,4,7-8,29H2,1-3H3;1-2H3. The number of nitrogens with zero attached hydrogens (tertiary/aromatic N) is 5. The molecule has 0 saturated heterocycles. The van der Waals surface area contributed by atoms with Crippen LogP contribution >= 0.6 is 0 Å². The van der Waals surface area contributed by atoms with Gasteiger partial charge in [-0.1, -0.05) is 13.8 Å². The van der Waals surface area contributed by atoms with Crippen LogP contribution in [0.3, 0.4) is 0 Å². The molecule has 0 aliphatic rings. The summed E-state index contributed by atoms with van der Waals surface area (Å²) >= 11 is 0. The number of nitrogens with two attached hydrogens (primary N) is 1. The summed E-state index contributed by atoms with van der Waals surface area (Å²) in [4.78, 5) is 11.1. The molecule has 0 aliphatic heterocycles. The summed E-state index contributed by atoms with van der Waals surface area (Å²) in [7, 11) is 4.29. The first kappa shape index (κ1) is 29.7. The molecule has 0 spiro atoms. The summed E-state index contributed by atoms with van der Waals surface area (Å²) in [5.74, 6) is -0.312. The second-order valence-electron chi connectivity index (χ2n) is 8.33. The number of aliphatic hydroxyl groups is 1. The first-order valence-corrected chi connectivity index (χ1v) is 12.4. The minimum atomic E-state index is -4.90. The average molecular weight is 547 g/mol. The number of ether oxygens (including phenoxy) is 2. The lowest BCUT2D eigenvalue weighted by Gasteiger charge is -2.28. The van der Waals surface area contributed by atoms with Crippen LogP contribution in [0, 0.1) is 0 Å².